The first-order chi connectivity index (χ1) is 19.9. The Bertz CT molecular complexity index is 1340. The van der Waals surface area contributed by atoms with Gasteiger partial charge in [-0.2, -0.15) is 3.21 Å². The number of carbonyl (C=O) groups is 3. The number of alkyl carbamates (subject to hydrolysis) is 1. The van der Waals surface area contributed by atoms with Crippen molar-refractivity contribution in [2.24, 2.45) is 9.12 Å². The number of hydrogen-bond donors (Lipinski definition) is 3. The van der Waals surface area contributed by atoms with Crippen LogP contribution in [0.1, 0.15) is 46.5 Å². The largest absolute Gasteiger partial charge is 0.475 e. The van der Waals surface area contributed by atoms with Crippen molar-refractivity contribution >= 4 is 73.9 Å². The Hall–Kier alpha value is -3.01. The molecule has 0 bridgehead atoms. The molecular formula is C28H33BrFIN6O5. The molecule has 1 aliphatic carbocycles. The van der Waals surface area contributed by atoms with Crippen molar-refractivity contribution < 1.29 is 28.2 Å². The van der Waals surface area contributed by atoms with Gasteiger partial charge in [-0.25, -0.2) is 19.0 Å². The summed E-state index contributed by atoms with van der Waals surface area (Å²) in [6, 6.07) is 7.43. The molecule has 0 unspecified atom stereocenters. The quantitative estimate of drug-likeness (QED) is 0.169. The third-order valence-corrected chi connectivity index (χ3v) is 7.85. The number of hydrogen-bond acceptors (Lipinski definition) is 7. The minimum absolute atomic E-state index is 0.154. The van der Waals surface area contributed by atoms with E-state index in [1.165, 1.54) is 18.3 Å². The van der Waals surface area contributed by atoms with E-state index in [2.05, 4.69) is 40.1 Å². The predicted molar refractivity (Wildman–Crippen MR) is 169 cm³/mol. The van der Waals surface area contributed by atoms with Crippen LogP contribution < -0.4 is 20.7 Å². The fourth-order valence-corrected chi connectivity index (χ4v) is 5.04. The molecular weight excluding hydrogens is 726 g/mol. The van der Waals surface area contributed by atoms with Crippen molar-refractivity contribution in [2.75, 3.05) is 30.3 Å². The molecule has 1 saturated heterocycles. The van der Waals surface area contributed by atoms with Crippen LogP contribution in [-0.4, -0.2) is 64.5 Å². The van der Waals surface area contributed by atoms with E-state index in [-0.39, 0.29) is 34.6 Å². The number of pyridine rings is 1. The maximum absolute atomic E-state index is 13.5. The summed E-state index contributed by atoms with van der Waals surface area (Å²) in [7, 11) is 0. The molecule has 2 aliphatic rings. The second kappa shape index (κ2) is 13.5. The molecule has 0 radical (unpaired) electrons. The highest BCUT2D eigenvalue weighted by Gasteiger charge is 2.46. The number of carbonyl (C=O) groups excluding carboxylic acids is 3. The van der Waals surface area contributed by atoms with Crippen molar-refractivity contribution in [3.05, 3.63) is 46.8 Å². The van der Waals surface area contributed by atoms with E-state index >= 15 is 0 Å². The molecule has 1 aromatic heterocycles. The Morgan fingerprint density at radius 2 is 1.83 bits per heavy atom. The lowest BCUT2D eigenvalue weighted by atomic mass is 9.92. The van der Waals surface area contributed by atoms with Crippen molar-refractivity contribution in [3.63, 3.8) is 0 Å². The molecule has 2 fully saturated rings. The zero-order chi connectivity index (χ0) is 30.5. The Labute approximate surface area is 266 Å². The summed E-state index contributed by atoms with van der Waals surface area (Å²) in [5.41, 5.74) is 0.0124. The number of piperidine rings is 1. The predicted octanol–water partition coefficient (Wildman–Crippen LogP) is 6.09. The minimum atomic E-state index is -0.578. The number of likely N-dealkylation sites (tertiary alicyclic amines) is 1. The number of ketones is 1. The smallest absolute Gasteiger partial charge is 0.408 e. The van der Waals surface area contributed by atoms with Gasteiger partial charge in [-0.3, -0.25) is 4.79 Å². The van der Waals surface area contributed by atoms with Gasteiger partial charge in [-0.05, 0) is 86.6 Å². The maximum Gasteiger partial charge on any atom is 0.408 e. The number of Topliss-reactive ketones (excluding diaryl/α,β-unsaturated/α-hetero) is 1. The summed E-state index contributed by atoms with van der Waals surface area (Å²) >= 11 is 4.90. The van der Waals surface area contributed by atoms with Crippen LogP contribution in [0.25, 0.3) is 0 Å². The Kier molecular flexibility index (Phi) is 10.3. The molecule has 3 amide bonds. The molecule has 11 nitrogen and oxygen atoms in total. The molecule has 2 heterocycles. The van der Waals surface area contributed by atoms with Crippen LogP contribution in [0.2, 0.25) is 0 Å². The van der Waals surface area contributed by atoms with Crippen LogP contribution >= 0.6 is 38.8 Å². The number of nitrogens with one attached hydrogen (secondary N) is 3. The fourth-order valence-electron chi connectivity index (χ4n) is 4.30. The van der Waals surface area contributed by atoms with Gasteiger partial charge in [-0.15, -0.1) is 0 Å². The molecule has 1 aromatic carbocycles. The average Bonchev–Trinajstić information content (AvgIpc) is 3.71. The van der Waals surface area contributed by atoms with Crippen LogP contribution in [0.5, 0.6) is 5.88 Å². The number of benzene rings is 1. The van der Waals surface area contributed by atoms with E-state index in [0.29, 0.717) is 43.2 Å². The SMILES string of the molecule is CC(C)(C)OC(=O)NC1(COc2ccc(NC(=O)N3CCC(C(=O)C(=NI)Nc4ccc(F)c(Br)c4)CC3)cn2)CC1. The first-order valence-corrected chi connectivity index (χ1v) is 15.2. The van der Waals surface area contributed by atoms with Crippen molar-refractivity contribution in [1.29, 1.82) is 0 Å². The van der Waals surface area contributed by atoms with Gasteiger partial charge >= 0.3 is 12.1 Å². The topological polar surface area (TPSA) is 134 Å². The second-order valence-corrected chi connectivity index (χ2v) is 12.7. The lowest BCUT2D eigenvalue weighted by Gasteiger charge is -2.31. The summed E-state index contributed by atoms with van der Waals surface area (Å²) in [5.74, 6) is -0.296. The lowest BCUT2D eigenvalue weighted by molar-refractivity contribution is -0.117. The van der Waals surface area contributed by atoms with Crippen molar-refractivity contribution in [1.82, 2.24) is 15.2 Å². The highest BCUT2D eigenvalue weighted by molar-refractivity contribution is 14.1. The van der Waals surface area contributed by atoms with Gasteiger partial charge in [-0.1, -0.05) is 0 Å². The summed E-state index contributed by atoms with van der Waals surface area (Å²) in [6.45, 7) is 6.50. The Balaban J connectivity index is 1.21. The molecule has 42 heavy (non-hydrogen) atoms. The normalized spacial score (nSPS) is 16.8. The van der Waals surface area contributed by atoms with Gasteiger partial charge < -0.3 is 30.3 Å². The molecule has 4 rings (SSSR count). The van der Waals surface area contributed by atoms with Crippen molar-refractivity contribution in [3.8, 4) is 5.88 Å². The van der Waals surface area contributed by atoms with Gasteiger partial charge in [0, 0.05) is 30.8 Å². The van der Waals surface area contributed by atoms with Crippen LogP contribution in [0.15, 0.2) is 44.2 Å². The van der Waals surface area contributed by atoms with Crippen molar-refractivity contribution in [2.45, 2.75) is 57.6 Å². The number of amidine groups is 1. The summed E-state index contributed by atoms with van der Waals surface area (Å²) in [5, 5.41) is 8.67. The first kappa shape index (κ1) is 31.9. The van der Waals surface area contributed by atoms with Gasteiger partial charge in [0.25, 0.3) is 0 Å². The standard InChI is InChI=1S/C28H33BrFIN6O5/c1-27(2,3)42-26(40)35-28(10-11-28)16-41-22-7-5-19(15-32-22)34-25(39)37-12-8-17(9-13-37)23(38)24(36-31)33-18-4-6-21(30)20(29)14-18/h4-7,14-15,17H,8-13,16H2,1-3H3,(H,33,36)(H,34,39)(H,35,40). The summed E-state index contributed by atoms with van der Waals surface area (Å²) in [4.78, 5) is 43.9. The third-order valence-electron chi connectivity index (χ3n) is 6.76. The summed E-state index contributed by atoms with van der Waals surface area (Å²) < 4.78 is 29.0. The molecule has 1 saturated carbocycles. The Morgan fingerprint density at radius 1 is 1.14 bits per heavy atom. The Morgan fingerprint density at radius 3 is 2.40 bits per heavy atom. The third kappa shape index (κ3) is 8.99. The number of urea groups is 1. The van der Waals surface area contributed by atoms with Crippen LogP contribution in [-0.2, 0) is 9.53 Å². The number of amides is 3. The molecule has 0 spiro atoms. The number of ether oxygens (including phenoxy) is 2. The monoisotopic (exact) mass is 758 g/mol. The highest BCUT2D eigenvalue weighted by atomic mass is 127. The molecule has 226 valence electrons. The van der Waals surface area contributed by atoms with Gasteiger partial charge in [0.15, 0.2) is 5.84 Å². The van der Waals surface area contributed by atoms with Gasteiger partial charge in [0.1, 0.15) is 18.0 Å². The first-order valence-electron chi connectivity index (χ1n) is 13.5. The molecule has 14 heteroatoms. The van der Waals surface area contributed by atoms with Gasteiger partial charge in [0.05, 0.1) is 44.8 Å². The van der Waals surface area contributed by atoms with Gasteiger partial charge in [0.2, 0.25) is 11.7 Å². The summed E-state index contributed by atoms with van der Waals surface area (Å²) in [6.07, 6.45) is 3.58. The zero-order valence-electron chi connectivity index (χ0n) is 23.5. The average molecular weight is 759 g/mol. The molecule has 0 atom stereocenters. The number of nitrogens with zero attached hydrogens (tertiary/aromatic N) is 3. The number of anilines is 2. The van der Waals surface area contributed by atoms with Crippen LogP contribution in [0, 0.1) is 11.7 Å². The van der Waals surface area contributed by atoms with E-state index in [1.54, 1.807) is 46.0 Å². The van der Waals surface area contributed by atoms with Crippen LogP contribution in [0.4, 0.5) is 25.4 Å². The zero-order valence-corrected chi connectivity index (χ0v) is 27.3. The number of aromatic nitrogens is 1. The maximum atomic E-state index is 13.5. The number of rotatable bonds is 8. The molecule has 1 aliphatic heterocycles. The highest BCUT2D eigenvalue weighted by Crippen LogP contribution is 2.36. The van der Waals surface area contributed by atoms with E-state index in [0.717, 1.165) is 12.8 Å². The minimum Gasteiger partial charge on any atom is -0.475 e. The molecule has 3 N–H and O–H groups in total. The van der Waals surface area contributed by atoms with E-state index in [1.807, 2.05) is 20.8 Å². The van der Waals surface area contributed by atoms with Crippen LogP contribution in [0.3, 0.4) is 0 Å². The number of halogens is 3. The second-order valence-electron chi connectivity index (χ2n) is 11.3. The van der Waals surface area contributed by atoms with E-state index in [9.17, 15) is 18.8 Å². The molecule has 2 aromatic rings. The van der Waals surface area contributed by atoms with E-state index in [4.69, 9.17) is 9.47 Å². The lowest BCUT2D eigenvalue weighted by Crippen LogP contribution is -2.44. The fraction of sp³-hybridized carbons (Fsp3) is 0.464. The van der Waals surface area contributed by atoms with E-state index < -0.39 is 23.1 Å².